The highest BCUT2D eigenvalue weighted by Crippen LogP contribution is 2.41. The first-order valence-electron chi connectivity index (χ1n) is 16.0. The average molecular weight is 623 g/mol. The molecule has 5 nitrogen and oxygen atoms in total. The summed E-state index contributed by atoms with van der Waals surface area (Å²) in [4.78, 5) is 14.4. The first-order valence-corrected chi connectivity index (χ1v) is 16.8. The van der Waals surface area contributed by atoms with Gasteiger partial charge in [0, 0.05) is 17.2 Å². The van der Waals surface area contributed by atoms with E-state index >= 15 is 0 Å². The zero-order chi connectivity index (χ0) is 30.8. The minimum atomic E-state index is -0.417. The summed E-state index contributed by atoms with van der Waals surface area (Å²) in [5, 5.41) is -0.162. The van der Waals surface area contributed by atoms with Crippen LogP contribution in [0, 0.1) is 12.8 Å². The highest BCUT2D eigenvalue weighted by molar-refractivity contribution is 8.00. The van der Waals surface area contributed by atoms with E-state index in [4.69, 9.17) is 18.9 Å². The molecular weight excluding hydrogens is 580 g/mol. The molecule has 4 aromatic carbocycles. The average Bonchev–Trinajstić information content (AvgIpc) is 3.93. The van der Waals surface area contributed by atoms with E-state index in [-0.39, 0.29) is 29.2 Å². The van der Waals surface area contributed by atoms with Gasteiger partial charge in [0.1, 0.15) is 24.1 Å². The van der Waals surface area contributed by atoms with Crippen molar-refractivity contribution >= 4 is 17.5 Å². The topological polar surface area (TPSA) is 54.0 Å². The Balaban J connectivity index is 1.31. The predicted molar refractivity (Wildman–Crippen MR) is 178 cm³/mol. The number of aryl methyl sites for hydroxylation is 1. The van der Waals surface area contributed by atoms with Gasteiger partial charge in [-0.1, -0.05) is 109 Å². The molecule has 1 saturated heterocycles. The normalized spacial score (nSPS) is 23.1. The largest absolute Gasteiger partial charge is 0.374 e. The molecule has 4 aromatic rings. The van der Waals surface area contributed by atoms with Gasteiger partial charge in [-0.2, -0.15) is 0 Å². The van der Waals surface area contributed by atoms with Gasteiger partial charge >= 0.3 is 0 Å². The lowest BCUT2D eigenvalue weighted by Crippen LogP contribution is -2.59. The van der Waals surface area contributed by atoms with Crippen molar-refractivity contribution in [1.82, 2.24) is 0 Å². The van der Waals surface area contributed by atoms with Crippen LogP contribution in [0.2, 0.25) is 0 Å². The summed E-state index contributed by atoms with van der Waals surface area (Å²) in [6.45, 7) is 3.74. The Morgan fingerprint density at radius 1 is 0.689 bits per heavy atom. The molecule has 0 spiro atoms. The van der Waals surface area contributed by atoms with Crippen molar-refractivity contribution in [3.8, 4) is 0 Å². The maximum Gasteiger partial charge on any atom is 0.138 e. The van der Waals surface area contributed by atoms with Gasteiger partial charge in [-0.05, 0) is 48.6 Å². The van der Waals surface area contributed by atoms with Crippen molar-refractivity contribution in [3.05, 3.63) is 138 Å². The molecule has 1 aliphatic carbocycles. The molecule has 0 N–H and O–H groups in total. The molecule has 6 heteroatoms. The predicted octanol–water partition coefficient (Wildman–Crippen LogP) is 7.98. The second-order valence-corrected chi connectivity index (χ2v) is 13.3. The Hall–Kier alpha value is -3.26. The minimum Gasteiger partial charge on any atom is -0.374 e. The van der Waals surface area contributed by atoms with Crippen LogP contribution in [-0.2, 0) is 43.6 Å². The summed E-state index contributed by atoms with van der Waals surface area (Å²) >= 11 is 1.72. The molecule has 5 atom stereocenters. The molecule has 0 amide bonds. The zero-order valence-corrected chi connectivity index (χ0v) is 26.6. The zero-order valence-electron chi connectivity index (χ0n) is 25.8. The molecule has 0 aromatic heterocycles. The van der Waals surface area contributed by atoms with Gasteiger partial charge in [0.05, 0.1) is 37.8 Å². The molecule has 1 saturated carbocycles. The van der Waals surface area contributed by atoms with E-state index in [1.165, 1.54) is 5.56 Å². The lowest BCUT2D eigenvalue weighted by Gasteiger charge is -2.46. The monoisotopic (exact) mass is 622 g/mol. The van der Waals surface area contributed by atoms with Crippen LogP contribution in [0.5, 0.6) is 0 Å². The highest BCUT2D eigenvalue weighted by Gasteiger charge is 2.49. The fourth-order valence-corrected chi connectivity index (χ4v) is 7.05. The number of thioether (sulfide) groups is 1. The number of rotatable bonds is 15. The van der Waals surface area contributed by atoms with Crippen LogP contribution >= 0.6 is 11.8 Å². The fourth-order valence-electron chi connectivity index (χ4n) is 5.77. The second kappa shape index (κ2) is 15.8. The molecule has 2 aliphatic rings. The van der Waals surface area contributed by atoms with E-state index < -0.39 is 12.2 Å². The lowest BCUT2D eigenvalue weighted by atomic mass is 9.93. The standard InChI is InChI=1S/C39H42O5S/c1-28-17-21-33(22-18-28)45-39-35(23-34(40)32-19-20-32)44-36(27-41-24-29-11-5-2-6-12-29)37(42-25-30-13-7-3-8-14-30)38(39)43-26-31-15-9-4-10-16-31/h2-18,21-22,32,35-39H,19-20,23-27H2,1H3/t35-,36+,37+,38-,39-/m0/s1. The quantitative estimate of drug-likeness (QED) is 0.134. The van der Waals surface area contributed by atoms with Crippen LogP contribution in [0.15, 0.2) is 120 Å². The summed E-state index contributed by atoms with van der Waals surface area (Å²) in [5.74, 6) is 0.436. The van der Waals surface area contributed by atoms with Crippen molar-refractivity contribution in [2.75, 3.05) is 6.61 Å². The molecule has 6 rings (SSSR count). The van der Waals surface area contributed by atoms with Crippen molar-refractivity contribution in [3.63, 3.8) is 0 Å². The van der Waals surface area contributed by atoms with Gasteiger partial charge < -0.3 is 18.9 Å². The van der Waals surface area contributed by atoms with Crippen LogP contribution in [0.25, 0.3) is 0 Å². The third kappa shape index (κ3) is 9.15. The smallest absolute Gasteiger partial charge is 0.138 e. The summed E-state index contributed by atoms with van der Waals surface area (Å²) < 4.78 is 26.8. The lowest BCUT2D eigenvalue weighted by molar-refractivity contribution is -0.217. The van der Waals surface area contributed by atoms with E-state index in [9.17, 15) is 4.79 Å². The summed E-state index contributed by atoms with van der Waals surface area (Å²) in [7, 11) is 0. The molecular formula is C39H42O5S. The van der Waals surface area contributed by atoms with Crippen molar-refractivity contribution in [2.24, 2.45) is 5.92 Å². The van der Waals surface area contributed by atoms with E-state index in [1.807, 2.05) is 54.6 Å². The molecule has 0 radical (unpaired) electrons. The van der Waals surface area contributed by atoms with Gasteiger partial charge in [-0.3, -0.25) is 4.79 Å². The summed E-state index contributed by atoms with van der Waals surface area (Å²) in [5.41, 5.74) is 4.47. The van der Waals surface area contributed by atoms with Crippen LogP contribution in [0.3, 0.4) is 0 Å². The van der Waals surface area contributed by atoms with E-state index in [1.54, 1.807) is 11.8 Å². The van der Waals surface area contributed by atoms with Gasteiger partial charge in [-0.25, -0.2) is 0 Å². The van der Waals surface area contributed by atoms with Crippen LogP contribution in [0.4, 0.5) is 0 Å². The molecule has 0 bridgehead atoms. The summed E-state index contributed by atoms with van der Waals surface area (Å²) in [6.07, 6.45) is 0.789. The Bertz CT molecular complexity index is 1460. The van der Waals surface area contributed by atoms with E-state index in [0.717, 1.165) is 34.4 Å². The molecule has 1 aliphatic heterocycles. The first-order chi connectivity index (χ1) is 22.1. The van der Waals surface area contributed by atoms with Gasteiger partial charge in [0.15, 0.2) is 0 Å². The van der Waals surface area contributed by atoms with Gasteiger partial charge in [-0.15, -0.1) is 11.8 Å². The Morgan fingerprint density at radius 3 is 1.78 bits per heavy atom. The Labute approximate surface area is 271 Å². The second-order valence-electron chi connectivity index (χ2n) is 12.1. The highest BCUT2D eigenvalue weighted by atomic mass is 32.2. The third-order valence-electron chi connectivity index (χ3n) is 8.42. The maximum atomic E-state index is 13.3. The number of Topliss-reactive ketones (excluding diaryl/α,β-unsaturated/α-hetero) is 1. The number of ketones is 1. The molecule has 0 unspecified atom stereocenters. The molecule has 234 valence electrons. The van der Waals surface area contributed by atoms with Crippen LogP contribution in [-0.4, -0.2) is 42.1 Å². The molecule has 2 fully saturated rings. The van der Waals surface area contributed by atoms with Crippen molar-refractivity contribution in [1.29, 1.82) is 0 Å². The maximum absolute atomic E-state index is 13.3. The van der Waals surface area contributed by atoms with Gasteiger partial charge in [0.25, 0.3) is 0 Å². The number of ether oxygens (including phenoxy) is 4. The number of hydrogen-bond acceptors (Lipinski definition) is 6. The number of carbonyl (C=O) groups is 1. The number of hydrogen-bond donors (Lipinski definition) is 0. The first kappa shape index (κ1) is 31.7. The van der Waals surface area contributed by atoms with E-state index in [2.05, 4.69) is 67.6 Å². The Kier molecular flexibility index (Phi) is 11.2. The fraction of sp³-hybridized carbons (Fsp3) is 0.359. The SMILES string of the molecule is Cc1ccc(S[C@@H]2[C@@H](OCc3ccccc3)[C@H](OCc3ccccc3)[C@@H](COCc3ccccc3)O[C@H]2CC(=O)C2CC2)cc1. The summed E-state index contributed by atoms with van der Waals surface area (Å²) in [6, 6.07) is 39.1. The van der Waals surface area contributed by atoms with Crippen molar-refractivity contribution < 1.29 is 23.7 Å². The van der Waals surface area contributed by atoms with Crippen LogP contribution < -0.4 is 0 Å². The van der Waals surface area contributed by atoms with Gasteiger partial charge in [0.2, 0.25) is 0 Å². The molecule has 1 heterocycles. The van der Waals surface area contributed by atoms with E-state index in [0.29, 0.717) is 32.8 Å². The minimum absolute atomic E-state index is 0.155. The molecule has 45 heavy (non-hydrogen) atoms. The Morgan fingerprint density at radius 2 is 1.22 bits per heavy atom. The van der Waals surface area contributed by atoms with Crippen LogP contribution in [0.1, 0.15) is 41.5 Å². The number of benzene rings is 4. The van der Waals surface area contributed by atoms with Crippen molar-refractivity contribution in [2.45, 2.75) is 80.6 Å². The number of carbonyl (C=O) groups excluding carboxylic acids is 1. The third-order valence-corrected chi connectivity index (χ3v) is 9.81.